The van der Waals surface area contributed by atoms with Crippen molar-refractivity contribution >= 4 is 22.4 Å². The maximum atomic E-state index is 10.8. The van der Waals surface area contributed by atoms with Crippen molar-refractivity contribution < 1.29 is 4.21 Å². The standard InChI is InChI=1S/C10H10N2OS/c1-8(12-14(3)13)9-4-6-10(11-2)7-5-9/h4-7H,1,3H3. The normalized spacial score (nSPS) is 13.4. The third-order valence-electron chi connectivity index (χ3n) is 1.68. The van der Waals surface area contributed by atoms with Crippen molar-refractivity contribution in [2.45, 2.75) is 6.92 Å². The zero-order valence-corrected chi connectivity index (χ0v) is 8.84. The van der Waals surface area contributed by atoms with Crippen LogP contribution >= 0.6 is 0 Å². The van der Waals surface area contributed by atoms with Crippen LogP contribution < -0.4 is 0 Å². The molecule has 0 aliphatic rings. The van der Waals surface area contributed by atoms with Crippen LogP contribution in [0.5, 0.6) is 0 Å². The van der Waals surface area contributed by atoms with Crippen molar-refractivity contribution in [1.29, 1.82) is 0 Å². The average molecular weight is 206 g/mol. The molecule has 0 fully saturated rings. The minimum absolute atomic E-state index is 0.596. The number of hydrogen-bond acceptors (Lipinski definition) is 1. The van der Waals surface area contributed by atoms with Crippen LogP contribution in [-0.4, -0.2) is 16.2 Å². The summed E-state index contributed by atoms with van der Waals surface area (Å²) in [7, 11) is -1.18. The van der Waals surface area contributed by atoms with E-state index in [1.165, 1.54) is 6.26 Å². The van der Waals surface area contributed by atoms with E-state index >= 15 is 0 Å². The third-order valence-corrected chi connectivity index (χ3v) is 2.21. The first-order valence-corrected chi connectivity index (χ1v) is 5.51. The minimum Gasteiger partial charge on any atom is -0.238 e. The molecule has 0 saturated carbocycles. The lowest BCUT2D eigenvalue weighted by Gasteiger charge is -1.98. The summed E-state index contributed by atoms with van der Waals surface area (Å²) >= 11 is 0. The Labute approximate surface area is 85.9 Å². The lowest BCUT2D eigenvalue weighted by atomic mass is 10.1. The molecule has 1 atom stereocenters. The van der Waals surface area contributed by atoms with Crippen LogP contribution in [0.1, 0.15) is 12.5 Å². The molecule has 1 aromatic rings. The Morgan fingerprint density at radius 1 is 1.43 bits per heavy atom. The second-order valence-corrected chi connectivity index (χ2v) is 3.79. The van der Waals surface area contributed by atoms with Crippen molar-refractivity contribution in [2.75, 3.05) is 6.26 Å². The van der Waals surface area contributed by atoms with Crippen LogP contribution in [0.25, 0.3) is 4.85 Å². The quantitative estimate of drug-likeness (QED) is 0.540. The topological polar surface area (TPSA) is 33.8 Å². The van der Waals surface area contributed by atoms with Crippen LogP contribution in [0, 0.1) is 6.57 Å². The van der Waals surface area contributed by atoms with Crippen molar-refractivity contribution in [3.63, 3.8) is 0 Å². The van der Waals surface area contributed by atoms with Gasteiger partial charge in [-0.2, -0.15) is 4.40 Å². The SMILES string of the molecule is [C-]#[N+]c1ccc(C(C)=NS(C)=O)cc1. The highest BCUT2D eigenvalue weighted by atomic mass is 32.2. The minimum atomic E-state index is -1.18. The van der Waals surface area contributed by atoms with Crippen LogP contribution in [0.15, 0.2) is 28.7 Å². The summed E-state index contributed by atoms with van der Waals surface area (Å²) in [4.78, 5) is 3.28. The van der Waals surface area contributed by atoms with Crippen LogP contribution in [0.3, 0.4) is 0 Å². The number of benzene rings is 1. The molecule has 0 aromatic heterocycles. The summed E-state index contributed by atoms with van der Waals surface area (Å²) in [6.07, 6.45) is 1.52. The summed E-state index contributed by atoms with van der Waals surface area (Å²) in [5.41, 5.74) is 2.22. The largest absolute Gasteiger partial charge is 0.238 e. The van der Waals surface area contributed by atoms with Crippen molar-refractivity contribution in [3.8, 4) is 0 Å². The molecule has 0 bridgehead atoms. The lowest BCUT2D eigenvalue weighted by Crippen LogP contribution is -1.95. The fraction of sp³-hybridized carbons (Fsp3) is 0.200. The molecule has 1 unspecified atom stereocenters. The first kappa shape index (κ1) is 10.6. The van der Waals surface area contributed by atoms with Gasteiger partial charge in [0.05, 0.1) is 12.3 Å². The van der Waals surface area contributed by atoms with Gasteiger partial charge < -0.3 is 0 Å². The predicted molar refractivity (Wildman–Crippen MR) is 59.0 cm³/mol. The molecule has 0 spiro atoms. The molecule has 72 valence electrons. The molecule has 0 saturated heterocycles. The van der Waals surface area contributed by atoms with E-state index in [4.69, 9.17) is 6.57 Å². The predicted octanol–water partition coefficient (Wildman–Crippen LogP) is 2.34. The maximum Gasteiger partial charge on any atom is 0.187 e. The molecule has 0 aliphatic carbocycles. The maximum absolute atomic E-state index is 10.8. The molecule has 14 heavy (non-hydrogen) atoms. The van der Waals surface area contributed by atoms with Crippen molar-refractivity contribution in [3.05, 3.63) is 41.2 Å². The number of rotatable bonds is 2. The summed E-state index contributed by atoms with van der Waals surface area (Å²) in [5, 5.41) is 0. The fourth-order valence-electron chi connectivity index (χ4n) is 1.02. The molecule has 3 nitrogen and oxygen atoms in total. The van der Waals surface area contributed by atoms with Crippen LogP contribution in [0.4, 0.5) is 5.69 Å². The Bertz CT molecular complexity index is 415. The Morgan fingerprint density at radius 2 is 2.00 bits per heavy atom. The highest BCUT2D eigenvalue weighted by molar-refractivity contribution is 7.83. The monoisotopic (exact) mass is 206 g/mol. The number of hydrogen-bond donors (Lipinski definition) is 0. The molecule has 0 aliphatic heterocycles. The zero-order chi connectivity index (χ0) is 10.6. The van der Waals surface area contributed by atoms with E-state index in [-0.39, 0.29) is 0 Å². The average Bonchev–Trinajstić information content (AvgIpc) is 2.17. The molecule has 1 rings (SSSR count). The highest BCUT2D eigenvalue weighted by Crippen LogP contribution is 2.13. The number of nitrogens with zero attached hydrogens (tertiary/aromatic N) is 2. The molecular formula is C10H10N2OS. The second-order valence-electron chi connectivity index (χ2n) is 2.76. The van der Waals surface area contributed by atoms with E-state index in [9.17, 15) is 4.21 Å². The van der Waals surface area contributed by atoms with Gasteiger partial charge in [-0.15, -0.1) is 0 Å². The van der Waals surface area contributed by atoms with Crippen molar-refractivity contribution in [1.82, 2.24) is 0 Å². The van der Waals surface area contributed by atoms with Gasteiger partial charge in [0, 0.05) is 6.26 Å². The lowest BCUT2D eigenvalue weighted by molar-refractivity contribution is 0.688. The van der Waals surface area contributed by atoms with Gasteiger partial charge in [0.2, 0.25) is 0 Å². The van der Waals surface area contributed by atoms with Gasteiger partial charge in [0.25, 0.3) is 0 Å². The molecule has 1 aromatic carbocycles. The molecular weight excluding hydrogens is 196 g/mol. The Morgan fingerprint density at radius 3 is 2.43 bits per heavy atom. The highest BCUT2D eigenvalue weighted by Gasteiger charge is 1.98. The molecule has 4 heteroatoms. The van der Waals surface area contributed by atoms with Gasteiger partial charge in [-0.05, 0) is 12.5 Å². The van der Waals surface area contributed by atoms with E-state index < -0.39 is 11.0 Å². The van der Waals surface area contributed by atoms with Gasteiger partial charge in [-0.1, -0.05) is 24.3 Å². The van der Waals surface area contributed by atoms with Gasteiger partial charge in [0.15, 0.2) is 5.69 Å². The van der Waals surface area contributed by atoms with E-state index in [1.807, 2.05) is 0 Å². The molecule has 0 N–H and O–H groups in total. The van der Waals surface area contributed by atoms with Crippen LogP contribution in [0.2, 0.25) is 0 Å². The van der Waals surface area contributed by atoms with E-state index in [2.05, 4.69) is 9.24 Å². The fourth-order valence-corrected chi connectivity index (χ4v) is 1.51. The Balaban J connectivity index is 2.99. The summed E-state index contributed by atoms with van der Waals surface area (Å²) in [6, 6.07) is 7.05. The van der Waals surface area contributed by atoms with E-state index in [0.29, 0.717) is 5.69 Å². The van der Waals surface area contributed by atoms with E-state index in [0.717, 1.165) is 11.3 Å². The summed E-state index contributed by atoms with van der Waals surface area (Å²) < 4.78 is 14.7. The molecule has 0 heterocycles. The summed E-state index contributed by atoms with van der Waals surface area (Å²) in [5.74, 6) is 0. The van der Waals surface area contributed by atoms with Gasteiger partial charge in [0.1, 0.15) is 11.0 Å². The van der Waals surface area contributed by atoms with Gasteiger partial charge in [-0.3, -0.25) is 0 Å². The Hall–Kier alpha value is -1.47. The van der Waals surface area contributed by atoms with E-state index in [1.54, 1.807) is 31.2 Å². The Kier molecular flexibility index (Phi) is 3.55. The smallest absolute Gasteiger partial charge is 0.187 e. The zero-order valence-electron chi connectivity index (χ0n) is 8.02. The first-order valence-electron chi connectivity index (χ1n) is 4.00. The van der Waals surface area contributed by atoms with Crippen LogP contribution in [-0.2, 0) is 11.0 Å². The van der Waals surface area contributed by atoms with Gasteiger partial charge in [-0.25, -0.2) is 9.05 Å². The molecule has 0 radical (unpaired) electrons. The summed E-state index contributed by atoms with van der Waals surface area (Å²) in [6.45, 7) is 8.58. The van der Waals surface area contributed by atoms with Gasteiger partial charge >= 0.3 is 0 Å². The first-order chi connectivity index (χ1) is 6.63. The second kappa shape index (κ2) is 4.68. The van der Waals surface area contributed by atoms with Crippen molar-refractivity contribution in [2.24, 2.45) is 4.40 Å². The third kappa shape index (κ3) is 2.79. The molecule has 0 amide bonds.